The van der Waals surface area contributed by atoms with Crippen LogP contribution in [0, 0.1) is 0 Å². The maximum Gasteiger partial charge on any atom is 0.272 e. The summed E-state index contributed by atoms with van der Waals surface area (Å²) in [6, 6.07) is 9.53. The summed E-state index contributed by atoms with van der Waals surface area (Å²) < 4.78 is 7.04. The third kappa shape index (κ3) is 3.74. The topological polar surface area (TPSA) is 76.5 Å². The lowest BCUT2D eigenvalue weighted by molar-refractivity contribution is 0.0681. The zero-order chi connectivity index (χ0) is 19.5. The molecule has 0 bridgehead atoms. The third-order valence-electron chi connectivity index (χ3n) is 5.59. The Morgan fingerprint density at radius 1 is 1.21 bits per heavy atom. The van der Waals surface area contributed by atoms with Gasteiger partial charge >= 0.3 is 0 Å². The molecule has 0 unspecified atom stereocenters. The first-order valence-corrected chi connectivity index (χ1v) is 9.95. The molecule has 28 heavy (non-hydrogen) atoms. The Balaban J connectivity index is 1.47. The zero-order valence-corrected chi connectivity index (χ0v) is 16.2. The van der Waals surface area contributed by atoms with Crippen molar-refractivity contribution >= 4 is 11.8 Å². The first kappa shape index (κ1) is 18.5. The molecule has 2 aliphatic rings. The van der Waals surface area contributed by atoms with Gasteiger partial charge in [-0.2, -0.15) is 5.10 Å². The Kier molecular flexibility index (Phi) is 5.32. The predicted octanol–water partition coefficient (Wildman–Crippen LogP) is 2.61. The number of amides is 2. The highest BCUT2D eigenvalue weighted by molar-refractivity contribution is 5.98. The molecule has 1 fully saturated rings. The summed E-state index contributed by atoms with van der Waals surface area (Å²) in [7, 11) is 1.63. The molecular weight excluding hydrogens is 356 g/mol. The Hall–Kier alpha value is -2.83. The van der Waals surface area contributed by atoms with E-state index in [-0.39, 0.29) is 17.9 Å². The molecule has 0 spiro atoms. The molecule has 1 aromatic carbocycles. The quantitative estimate of drug-likeness (QED) is 0.862. The van der Waals surface area contributed by atoms with Crippen LogP contribution in [0.15, 0.2) is 30.3 Å². The maximum atomic E-state index is 12.9. The number of methoxy groups -OCH3 is 1. The van der Waals surface area contributed by atoms with E-state index >= 15 is 0 Å². The van der Waals surface area contributed by atoms with Crippen molar-refractivity contribution in [3.05, 3.63) is 47.3 Å². The Morgan fingerprint density at radius 3 is 2.79 bits per heavy atom. The molecule has 2 heterocycles. The molecule has 0 saturated heterocycles. The molecule has 1 N–H and O–H groups in total. The van der Waals surface area contributed by atoms with E-state index in [1.54, 1.807) is 22.8 Å². The number of nitrogens with one attached hydrogen (secondary N) is 1. The number of hydrogen-bond acceptors (Lipinski definition) is 4. The molecule has 0 radical (unpaired) electrons. The summed E-state index contributed by atoms with van der Waals surface area (Å²) >= 11 is 0. The number of hydrogen-bond donors (Lipinski definition) is 1. The van der Waals surface area contributed by atoms with Crippen LogP contribution in [0.5, 0.6) is 5.75 Å². The van der Waals surface area contributed by atoms with Gasteiger partial charge in [0.05, 0.1) is 13.7 Å². The Bertz CT molecular complexity index is 870. The van der Waals surface area contributed by atoms with E-state index in [4.69, 9.17) is 4.74 Å². The second-order valence-corrected chi connectivity index (χ2v) is 7.48. The van der Waals surface area contributed by atoms with Crippen LogP contribution in [-0.2, 0) is 13.1 Å². The highest BCUT2D eigenvalue weighted by atomic mass is 16.5. The van der Waals surface area contributed by atoms with Gasteiger partial charge in [0.15, 0.2) is 5.69 Å². The molecule has 0 atom stereocenters. The number of benzene rings is 1. The zero-order valence-electron chi connectivity index (χ0n) is 16.2. The largest absolute Gasteiger partial charge is 0.496 e. The number of para-hydroxylation sites is 1. The van der Waals surface area contributed by atoms with Gasteiger partial charge < -0.3 is 15.0 Å². The van der Waals surface area contributed by atoms with Gasteiger partial charge in [-0.25, -0.2) is 0 Å². The van der Waals surface area contributed by atoms with E-state index in [1.807, 2.05) is 24.3 Å². The summed E-state index contributed by atoms with van der Waals surface area (Å²) in [6.45, 7) is 1.60. The van der Waals surface area contributed by atoms with E-state index < -0.39 is 0 Å². The lowest BCUT2D eigenvalue weighted by Crippen LogP contribution is -2.39. The van der Waals surface area contributed by atoms with E-state index in [0.29, 0.717) is 31.0 Å². The first-order valence-electron chi connectivity index (χ1n) is 9.95. The average Bonchev–Trinajstić information content (AvgIpc) is 3.17. The van der Waals surface area contributed by atoms with Crippen molar-refractivity contribution in [2.45, 2.75) is 51.2 Å². The minimum atomic E-state index is -0.183. The van der Waals surface area contributed by atoms with Crippen LogP contribution in [0.2, 0.25) is 0 Å². The standard InChI is InChI=1S/C21H26N4O3/c1-28-19-10-6-5-7-15(19)14-24-11-12-25-18(21(24)27)13-17(23-25)20(26)22-16-8-3-2-4-9-16/h5-7,10,13,16H,2-4,8-9,11-12,14H2,1H3,(H,22,26). The highest BCUT2D eigenvalue weighted by Crippen LogP contribution is 2.23. The van der Waals surface area contributed by atoms with Gasteiger partial charge in [0.2, 0.25) is 0 Å². The fourth-order valence-electron chi connectivity index (χ4n) is 4.05. The average molecular weight is 382 g/mol. The van der Waals surface area contributed by atoms with Gasteiger partial charge in [0.1, 0.15) is 11.4 Å². The first-order chi connectivity index (χ1) is 13.7. The van der Waals surface area contributed by atoms with Gasteiger partial charge in [0, 0.05) is 30.8 Å². The van der Waals surface area contributed by atoms with Gasteiger partial charge in [-0.05, 0) is 18.9 Å². The maximum absolute atomic E-state index is 12.9. The second-order valence-electron chi connectivity index (χ2n) is 7.48. The SMILES string of the molecule is COc1ccccc1CN1CCn2nc(C(=O)NC3CCCCC3)cc2C1=O. The van der Waals surface area contributed by atoms with Crippen LogP contribution in [-0.4, -0.2) is 46.2 Å². The Morgan fingerprint density at radius 2 is 2.00 bits per heavy atom. The molecule has 1 aromatic heterocycles. The van der Waals surface area contributed by atoms with Gasteiger partial charge in [-0.15, -0.1) is 0 Å². The van der Waals surface area contributed by atoms with Crippen LogP contribution < -0.4 is 10.1 Å². The molecular formula is C21H26N4O3. The normalized spacial score (nSPS) is 17.3. The molecule has 1 aliphatic heterocycles. The molecule has 2 aromatic rings. The monoisotopic (exact) mass is 382 g/mol. The van der Waals surface area contributed by atoms with Crippen LogP contribution in [0.3, 0.4) is 0 Å². The van der Waals surface area contributed by atoms with E-state index in [9.17, 15) is 9.59 Å². The van der Waals surface area contributed by atoms with Gasteiger partial charge in [-0.1, -0.05) is 37.5 Å². The number of rotatable bonds is 5. The number of carbonyl (C=O) groups excluding carboxylic acids is 2. The number of nitrogens with zero attached hydrogens (tertiary/aromatic N) is 3. The third-order valence-corrected chi connectivity index (χ3v) is 5.59. The number of ether oxygens (including phenoxy) is 1. The molecule has 1 saturated carbocycles. The van der Waals surface area contributed by atoms with Crippen LogP contribution in [0.1, 0.15) is 58.6 Å². The number of aromatic nitrogens is 2. The van der Waals surface area contributed by atoms with Crippen molar-refractivity contribution in [2.24, 2.45) is 0 Å². The van der Waals surface area contributed by atoms with Crippen molar-refractivity contribution in [3.63, 3.8) is 0 Å². The molecule has 1 aliphatic carbocycles. The lowest BCUT2D eigenvalue weighted by Gasteiger charge is -2.28. The summed E-state index contributed by atoms with van der Waals surface area (Å²) in [5, 5.41) is 7.44. The van der Waals surface area contributed by atoms with Crippen LogP contribution in [0.4, 0.5) is 0 Å². The summed E-state index contributed by atoms with van der Waals surface area (Å²) in [5.74, 6) is 0.473. The molecule has 148 valence electrons. The van der Waals surface area contributed by atoms with Gasteiger partial charge in [0.25, 0.3) is 11.8 Å². The molecule has 7 nitrogen and oxygen atoms in total. The lowest BCUT2D eigenvalue weighted by atomic mass is 9.95. The highest BCUT2D eigenvalue weighted by Gasteiger charge is 2.29. The number of fused-ring (bicyclic) bond motifs is 1. The Labute approximate surface area is 164 Å². The fraction of sp³-hybridized carbons (Fsp3) is 0.476. The summed E-state index contributed by atoms with van der Waals surface area (Å²) in [6.07, 6.45) is 5.58. The van der Waals surface area contributed by atoms with Crippen molar-refractivity contribution in [3.8, 4) is 5.75 Å². The van der Waals surface area contributed by atoms with E-state index in [2.05, 4.69) is 10.4 Å². The second kappa shape index (κ2) is 8.04. The molecule has 7 heteroatoms. The van der Waals surface area contributed by atoms with Crippen molar-refractivity contribution in [2.75, 3.05) is 13.7 Å². The molecule has 4 rings (SSSR count). The fourth-order valence-corrected chi connectivity index (χ4v) is 4.05. The number of carbonyl (C=O) groups is 2. The van der Waals surface area contributed by atoms with Crippen molar-refractivity contribution in [1.82, 2.24) is 20.0 Å². The minimum absolute atomic E-state index is 0.110. The van der Waals surface area contributed by atoms with Crippen LogP contribution >= 0.6 is 0 Å². The van der Waals surface area contributed by atoms with Crippen molar-refractivity contribution in [1.29, 1.82) is 0 Å². The summed E-state index contributed by atoms with van der Waals surface area (Å²) in [4.78, 5) is 27.3. The van der Waals surface area contributed by atoms with E-state index in [0.717, 1.165) is 37.0 Å². The predicted molar refractivity (Wildman–Crippen MR) is 104 cm³/mol. The smallest absolute Gasteiger partial charge is 0.272 e. The van der Waals surface area contributed by atoms with Gasteiger partial charge in [-0.3, -0.25) is 14.3 Å². The molecule has 2 amide bonds. The minimum Gasteiger partial charge on any atom is -0.496 e. The van der Waals surface area contributed by atoms with Crippen molar-refractivity contribution < 1.29 is 14.3 Å². The summed E-state index contributed by atoms with van der Waals surface area (Å²) in [5.41, 5.74) is 1.75. The van der Waals surface area contributed by atoms with Crippen LogP contribution in [0.25, 0.3) is 0 Å². The van der Waals surface area contributed by atoms with E-state index in [1.165, 1.54) is 6.42 Å².